The number of allylic oxidation sites excluding steroid dienone is 2. The molecule has 2 rings (SSSR count). The Morgan fingerprint density at radius 1 is 1.15 bits per heavy atom. The highest BCUT2D eigenvalue weighted by molar-refractivity contribution is 5.95. The number of carbonyl (C=O) groups is 2. The number of anilines is 1. The molecule has 1 aromatic rings. The summed E-state index contributed by atoms with van der Waals surface area (Å²) in [5.41, 5.74) is 1.04. The number of hydrogen-bond donors (Lipinski definition) is 1. The SMILES string of the molecule is N#Cc1ccc(NC(=O)[C@H]2CC=CC[C@H]2C(=O)[O-])cc1. The molecule has 1 aliphatic carbocycles. The number of nitriles is 1. The molecule has 1 aromatic carbocycles. The number of carbonyl (C=O) groups excluding carboxylic acids is 2. The molecule has 1 aliphatic rings. The summed E-state index contributed by atoms with van der Waals surface area (Å²) >= 11 is 0. The maximum atomic E-state index is 12.1. The molecule has 2 atom stereocenters. The lowest BCUT2D eigenvalue weighted by Crippen LogP contribution is -2.41. The van der Waals surface area contributed by atoms with Crippen LogP contribution in [-0.4, -0.2) is 11.9 Å². The number of nitrogens with zero attached hydrogens (tertiary/aromatic N) is 1. The summed E-state index contributed by atoms with van der Waals surface area (Å²) in [6, 6.07) is 8.39. The average Bonchev–Trinajstić information content (AvgIpc) is 2.48. The van der Waals surface area contributed by atoms with Crippen molar-refractivity contribution >= 4 is 17.6 Å². The molecular formula is C15H13N2O3-. The minimum atomic E-state index is -1.20. The van der Waals surface area contributed by atoms with E-state index in [1.807, 2.05) is 12.1 Å². The normalized spacial score (nSPS) is 20.9. The summed E-state index contributed by atoms with van der Waals surface area (Å²) in [4.78, 5) is 23.2. The molecule has 0 aromatic heterocycles. The summed E-state index contributed by atoms with van der Waals surface area (Å²) in [6.45, 7) is 0. The van der Waals surface area contributed by atoms with Crippen molar-refractivity contribution in [3.05, 3.63) is 42.0 Å². The molecule has 0 heterocycles. The van der Waals surface area contributed by atoms with E-state index in [1.165, 1.54) is 0 Å². The van der Waals surface area contributed by atoms with Crippen LogP contribution in [0.1, 0.15) is 18.4 Å². The highest BCUT2D eigenvalue weighted by Gasteiger charge is 2.29. The van der Waals surface area contributed by atoms with Crippen molar-refractivity contribution in [2.45, 2.75) is 12.8 Å². The first kappa shape index (κ1) is 13.8. The van der Waals surface area contributed by atoms with E-state index in [9.17, 15) is 14.7 Å². The van der Waals surface area contributed by atoms with Gasteiger partial charge >= 0.3 is 0 Å². The predicted molar refractivity (Wildman–Crippen MR) is 70.1 cm³/mol. The van der Waals surface area contributed by atoms with Gasteiger partial charge in [0, 0.05) is 17.6 Å². The molecule has 0 spiro atoms. The van der Waals surface area contributed by atoms with Crippen LogP contribution in [0.3, 0.4) is 0 Å². The van der Waals surface area contributed by atoms with Crippen LogP contribution in [0.5, 0.6) is 0 Å². The Labute approximate surface area is 116 Å². The number of aliphatic carboxylic acids is 1. The molecule has 0 aliphatic heterocycles. The monoisotopic (exact) mass is 269 g/mol. The second kappa shape index (κ2) is 6.02. The van der Waals surface area contributed by atoms with E-state index >= 15 is 0 Å². The van der Waals surface area contributed by atoms with Crippen molar-refractivity contribution in [1.29, 1.82) is 5.26 Å². The van der Waals surface area contributed by atoms with Gasteiger partial charge in [0.1, 0.15) is 0 Å². The summed E-state index contributed by atoms with van der Waals surface area (Å²) < 4.78 is 0. The Balaban J connectivity index is 2.08. The number of carboxylic acids is 1. The Morgan fingerprint density at radius 2 is 1.75 bits per heavy atom. The lowest BCUT2D eigenvalue weighted by Gasteiger charge is -2.28. The highest BCUT2D eigenvalue weighted by atomic mass is 16.4. The average molecular weight is 269 g/mol. The van der Waals surface area contributed by atoms with E-state index in [1.54, 1.807) is 30.3 Å². The van der Waals surface area contributed by atoms with Crippen molar-refractivity contribution < 1.29 is 14.7 Å². The molecular weight excluding hydrogens is 256 g/mol. The van der Waals surface area contributed by atoms with Gasteiger partial charge in [-0.05, 0) is 37.1 Å². The number of amides is 1. The third kappa shape index (κ3) is 3.04. The molecule has 0 saturated heterocycles. The number of rotatable bonds is 3. The molecule has 5 nitrogen and oxygen atoms in total. The first-order chi connectivity index (χ1) is 9.61. The Hall–Kier alpha value is -2.61. The van der Waals surface area contributed by atoms with Crippen LogP contribution in [0.4, 0.5) is 5.69 Å². The van der Waals surface area contributed by atoms with Crippen molar-refractivity contribution in [1.82, 2.24) is 0 Å². The number of nitrogens with one attached hydrogen (secondary N) is 1. The highest BCUT2D eigenvalue weighted by Crippen LogP contribution is 2.26. The van der Waals surface area contributed by atoms with Crippen LogP contribution in [-0.2, 0) is 9.59 Å². The van der Waals surface area contributed by atoms with E-state index in [0.717, 1.165) is 0 Å². The van der Waals surface area contributed by atoms with E-state index in [-0.39, 0.29) is 5.91 Å². The van der Waals surface area contributed by atoms with Gasteiger partial charge in [0.05, 0.1) is 17.6 Å². The lowest BCUT2D eigenvalue weighted by atomic mass is 9.82. The van der Waals surface area contributed by atoms with E-state index < -0.39 is 17.8 Å². The van der Waals surface area contributed by atoms with Crippen LogP contribution >= 0.6 is 0 Å². The molecule has 0 saturated carbocycles. The first-order valence-corrected chi connectivity index (χ1v) is 6.28. The van der Waals surface area contributed by atoms with Gasteiger partial charge in [0.2, 0.25) is 5.91 Å². The first-order valence-electron chi connectivity index (χ1n) is 6.28. The molecule has 102 valence electrons. The second-order valence-corrected chi connectivity index (χ2v) is 4.65. The molecule has 1 N–H and O–H groups in total. The van der Waals surface area contributed by atoms with E-state index in [0.29, 0.717) is 24.1 Å². The number of carboxylic acid groups (broad SMARTS) is 1. The molecule has 0 radical (unpaired) electrons. The molecule has 0 unspecified atom stereocenters. The lowest BCUT2D eigenvalue weighted by molar-refractivity contribution is -0.313. The maximum Gasteiger partial charge on any atom is 0.228 e. The summed E-state index contributed by atoms with van der Waals surface area (Å²) in [6.07, 6.45) is 4.27. The van der Waals surface area contributed by atoms with Crippen molar-refractivity contribution in [3.8, 4) is 6.07 Å². The Bertz CT molecular complexity index is 584. The van der Waals surface area contributed by atoms with Crippen LogP contribution in [0.15, 0.2) is 36.4 Å². The van der Waals surface area contributed by atoms with Crippen LogP contribution in [0, 0.1) is 23.2 Å². The van der Waals surface area contributed by atoms with E-state index in [4.69, 9.17) is 5.26 Å². The standard InChI is InChI=1S/C15H14N2O3/c16-9-10-5-7-11(8-6-10)17-14(18)12-3-1-2-4-13(12)15(19)20/h1-2,5-8,12-13H,3-4H2,(H,17,18)(H,19,20)/p-1/t12-,13+/m0/s1. The molecule has 20 heavy (non-hydrogen) atoms. The predicted octanol–water partition coefficient (Wildman–Crippen LogP) is 0.829. The van der Waals surface area contributed by atoms with Gasteiger partial charge in [0.25, 0.3) is 0 Å². The van der Waals surface area contributed by atoms with Gasteiger partial charge in [-0.1, -0.05) is 12.2 Å². The van der Waals surface area contributed by atoms with Crippen LogP contribution < -0.4 is 10.4 Å². The van der Waals surface area contributed by atoms with Crippen molar-refractivity contribution in [3.63, 3.8) is 0 Å². The van der Waals surface area contributed by atoms with Gasteiger partial charge in [0.15, 0.2) is 0 Å². The van der Waals surface area contributed by atoms with E-state index in [2.05, 4.69) is 5.32 Å². The quantitative estimate of drug-likeness (QED) is 0.822. The summed E-state index contributed by atoms with van der Waals surface area (Å²) in [5.74, 6) is -2.96. The summed E-state index contributed by atoms with van der Waals surface area (Å²) in [5, 5.41) is 22.4. The van der Waals surface area contributed by atoms with Crippen molar-refractivity contribution in [2.24, 2.45) is 11.8 Å². The summed E-state index contributed by atoms with van der Waals surface area (Å²) in [7, 11) is 0. The Kier molecular flexibility index (Phi) is 4.16. The van der Waals surface area contributed by atoms with Gasteiger partial charge in [-0.2, -0.15) is 5.26 Å². The van der Waals surface area contributed by atoms with Crippen LogP contribution in [0.2, 0.25) is 0 Å². The van der Waals surface area contributed by atoms with Gasteiger partial charge in [-0.3, -0.25) is 4.79 Å². The molecule has 5 heteroatoms. The minimum Gasteiger partial charge on any atom is -0.550 e. The molecule has 0 bridgehead atoms. The zero-order chi connectivity index (χ0) is 14.5. The Morgan fingerprint density at radius 3 is 2.30 bits per heavy atom. The maximum absolute atomic E-state index is 12.1. The minimum absolute atomic E-state index is 0.313. The third-order valence-electron chi connectivity index (χ3n) is 3.35. The number of benzene rings is 1. The fraction of sp³-hybridized carbons (Fsp3) is 0.267. The van der Waals surface area contributed by atoms with Gasteiger partial charge < -0.3 is 15.2 Å². The fourth-order valence-electron chi connectivity index (χ4n) is 2.23. The third-order valence-corrected chi connectivity index (χ3v) is 3.35. The molecule has 0 fully saturated rings. The zero-order valence-electron chi connectivity index (χ0n) is 10.7. The molecule has 1 amide bonds. The second-order valence-electron chi connectivity index (χ2n) is 4.65. The van der Waals surface area contributed by atoms with Gasteiger partial charge in [-0.25, -0.2) is 0 Å². The largest absolute Gasteiger partial charge is 0.550 e. The number of hydrogen-bond acceptors (Lipinski definition) is 4. The van der Waals surface area contributed by atoms with Gasteiger partial charge in [-0.15, -0.1) is 0 Å². The fourth-order valence-corrected chi connectivity index (χ4v) is 2.23. The smallest absolute Gasteiger partial charge is 0.228 e. The zero-order valence-corrected chi connectivity index (χ0v) is 10.7. The van der Waals surface area contributed by atoms with Crippen LogP contribution in [0.25, 0.3) is 0 Å². The topological polar surface area (TPSA) is 93.0 Å². The van der Waals surface area contributed by atoms with Crippen molar-refractivity contribution in [2.75, 3.05) is 5.32 Å².